The van der Waals surface area contributed by atoms with E-state index in [1.54, 1.807) is 5.57 Å². The van der Waals surface area contributed by atoms with E-state index in [1.165, 1.54) is 26.1 Å². The minimum Gasteiger partial charge on any atom is -0.300 e. The maximum atomic E-state index is 2.45. The molecule has 0 fully saturated rings. The van der Waals surface area contributed by atoms with Gasteiger partial charge in [-0.05, 0) is 19.9 Å². The summed E-state index contributed by atoms with van der Waals surface area (Å²) in [6, 6.07) is 0. The van der Waals surface area contributed by atoms with Crippen molar-refractivity contribution in [2.75, 3.05) is 19.6 Å². The summed E-state index contributed by atoms with van der Waals surface area (Å²) >= 11 is 0. The van der Waals surface area contributed by atoms with E-state index >= 15 is 0 Å². The van der Waals surface area contributed by atoms with Crippen molar-refractivity contribution >= 4 is 0 Å². The molecule has 0 saturated carbocycles. The van der Waals surface area contributed by atoms with Gasteiger partial charge in [-0.15, -0.1) is 0 Å². The lowest BCUT2D eigenvalue weighted by Crippen LogP contribution is -2.27. The van der Waals surface area contributed by atoms with E-state index in [1.807, 2.05) is 0 Å². The first-order chi connectivity index (χ1) is 4.33. The monoisotopic (exact) mass is 125 g/mol. The largest absolute Gasteiger partial charge is 0.300 e. The van der Waals surface area contributed by atoms with Crippen LogP contribution in [0.1, 0.15) is 20.3 Å². The van der Waals surface area contributed by atoms with Crippen LogP contribution in [0.3, 0.4) is 0 Å². The summed E-state index contributed by atoms with van der Waals surface area (Å²) < 4.78 is 0. The summed E-state index contributed by atoms with van der Waals surface area (Å²) in [6.45, 7) is 8.06. The highest BCUT2D eigenvalue weighted by Gasteiger charge is 2.04. The normalized spacial score (nSPS) is 21.8. The van der Waals surface area contributed by atoms with Crippen LogP contribution in [0.5, 0.6) is 0 Å². The van der Waals surface area contributed by atoms with Gasteiger partial charge in [-0.3, -0.25) is 4.90 Å². The van der Waals surface area contributed by atoms with Crippen molar-refractivity contribution in [3.8, 4) is 0 Å². The van der Waals surface area contributed by atoms with E-state index in [0.717, 1.165) is 0 Å². The first-order valence-electron chi connectivity index (χ1n) is 3.71. The lowest BCUT2D eigenvalue weighted by atomic mass is 10.1. The van der Waals surface area contributed by atoms with Gasteiger partial charge >= 0.3 is 0 Å². The molecule has 0 bridgehead atoms. The van der Waals surface area contributed by atoms with Gasteiger partial charge < -0.3 is 0 Å². The third-order valence-corrected chi connectivity index (χ3v) is 1.97. The molecule has 0 spiro atoms. The van der Waals surface area contributed by atoms with E-state index in [0.29, 0.717) is 0 Å². The summed E-state index contributed by atoms with van der Waals surface area (Å²) in [7, 11) is 0. The summed E-state index contributed by atoms with van der Waals surface area (Å²) in [5, 5.41) is 0. The Hall–Kier alpha value is -0.300. The van der Waals surface area contributed by atoms with Crippen LogP contribution in [0.15, 0.2) is 11.6 Å². The molecular formula is C8H15N. The topological polar surface area (TPSA) is 3.24 Å². The Bertz CT molecular complexity index is 116. The molecule has 1 aliphatic rings. The van der Waals surface area contributed by atoms with Gasteiger partial charge in [0.05, 0.1) is 0 Å². The average molecular weight is 125 g/mol. The highest BCUT2D eigenvalue weighted by Crippen LogP contribution is 2.07. The fraction of sp³-hybridized carbons (Fsp3) is 0.750. The quantitative estimate of drug-likeness (QED) is 0.482. The molecule has 52 valence electrons. The molecule has 9 heavy (non-hydrogen) atoms. The van der Waals surface area contributed by atoms with Gasteiger partial charge in [-0.1, -0.05) is 18.6 Å². The van der Waals surface area contributed by atoms with Crippen molar-refractivity contribution in [3.63, 3.8) is 0 Å². The molecule has 0 aromatic carbocycles. The summed E-state index contributed by atoms with van der Waals surface area (Å²) in [4.78, 5) is 2.45. The zero-order chi connectivity index (χ0) is 6.69. The van der Waals surface area contributed by atoms with Crippen molar-refractivity contribution in [2.24, 2.45) is 0 Å². The average Bonchev–Trinajstić information content (AvgIpc) is 1.90. The lowest BCUT2D eigenvalue weighted by Gasteiger charge is -2.22. The second-order valence-electron chi connectivity index (χ2n) is 2.69. The molecule has 0 aromatic rings. The molecule has 0 saturated heterocycles. The molecule has 0 N–H and O–H groups in total. The van der Waals surface area contributed by atoms with Crippen molar-refractivity contribution in [1.29, 1.82) is 0 Å². The molecule has 0 atom stereocenters. The molecule has 1 heteroatoms. The third kappa shape index (κ3) is 1.83. The van der Waals surface area contributed by atoms with Crippen LogP contribution in [0, 0.1) is 0 Å². The van der Waals surface area contributed by atoms with E-state index in [9.17, 15) is 0 Å². The Morgan fingerprint density at radius 2 is 2.44 bits per heavy atom. The smallest absolute Gasteiger partial charge is 0.0165 e. The fourth-order valence-corrected chi connectivity index (χ4v) is 1.10. The Kier molecular flexibility index (Phi) is 2.29. The second kappa shape index (κ2) is 3.02. The minimum atomic E-state index is 1.17. The molecule has 1 aliphatic heterocycles. The van der Waals surface area contributed by atoms with Gasteiger partial charge in [0.25, 0.3) is 0 Å². The number of rotatable bonds is 1. The highest BCUT2D eigenvalue weighted by molar-refractivity contribution is 5.03. The second-order valence-corrected chi connectivity index (χ2v) is 2.69. The van der Waals surface area contributed by atoms with Crippen molar-refractivity contribution in [2.45, 2.75) is 20.3 Å². The lowest BCUT2D eigenvalue weighted by molar-refractivity contribution is 0.310. The molecule has 0 aromatic heterocycles. The fourth-order valence-electron chi connectivity index (χ4n) is 1.10. The van der Waals surface area contributed by atoms with Crippen LogP contribution in [-0.4, -0.2) is 24.5 Å². The standard InChI is InChI=1S/C8H15N/c1-3-9-6-4-8(2)5-7-9/h4H,3,5-7H2,1-2H3. The molecule has 1 heterocycles. The molecular weight excluding hydrogens is 110 g/mol. The Morgan fingerprint density at radius 3 is 2.89 bits per heavy atom. The predicted octanol–water partition coefficient (Wildman–Crippen LogP) is 1.66. The Morgan fingerprint density at radius 1 is 1.67 bits per heavy atom. The Balaban J connectivity index is 2.36. The first kappa shape index (κ1) is 6.81. The van der Waals surface area contributed by atoms with Gasteiger partial charge in [0.15, 0.2) is 0 Å². The van der Waals surface area contributed by atoms with Crippen molar-refractivity contribution < 1.29 is 0 Å². The molecule has 1 rings (SSSR count). The summed E-state index contributed by atoms with van der Waals surface area (Å²) in [6.07, 6.45) is 3.60. The van der Waals surface area contributed by atoms with Crippen molar-refractivity contribution in [1.82, 2.24) is 4.90 Å². The number of hydrogen-bond donors (Lipinski definition) is 0. The van der Waals surface area contributed by atoms with Crippen LogP contribution in [0.25, 0.3) is 0 Å². The zero-order valence-corrected chi connectivity index (χ0v) is 6.35. The third-order valence-electron chi connectivity index (χ3n) is 1.97. The summed E-state index contributed by atoms with van der Waals surface area (Å²) in [5.41, 5.74) is 1.56. The van der Waals surface area contributed by atoms with Gasteiger partial charge in [0, 0.05) is 13.1 Å². The predicted molar refractivity (Wildman–Crippen MR) is 40.5 cm³/mol. The highest BCUT2D eigenvalue weighted by atomic mass is 15.1. The number of nitrogens with zero attached hydrogens (tertiary/aromatic N) is 1. The molecule has 0 aliphatic carbocycles. The first-order valence-corrected chi connectivity index (χ1v) is 3.71. The van der Waals surface area contributed by atoms with Crippen LogP contribution in [-0.2, 0) is 0 Å². The summed E-state index contributed by atoms with van der Waals surface area (Å²) in [5.74, 6) is 0. The Labute approximate surface area is 57.4 Å². The molecule has 0 radical (unpaired) electrons. The van der Waals surface area contributed by atoms with E-state index in [-0.39, 0.29) is 0 Å². The SMILES string of the molecule is CCN1CC=C(C)CC1. The van der Waals surface area contributed by atoms with Crippen LogP contribution < -0.4 is 0 Å². The van der Waals surface area contributed by atoms with E-state index in [2.05, 4.69) is 24.8 Å². The van der Waals surface area contributed by atoms with Gasteiger partial charge in [0.2, 0.25) is 0 Å². The van der Waals surface area contributed by atoms with E-state index in [4.69, 9.17) is 0 Å². The van der Waals surface area contributed by atoms with Crippen molar-refractivity contribution in [3.05, 3.63) is 11.6 Å². The number of likely N-dealkylation sites (N-methyl/N-ethyl adjacent to an activating group) is 1. The van der Waals surface area contributed by atoms with E-state index < -0.39 is 0 Å². The minimum absolute atomic E-state index is 1.17. The number of hydrogen-bond acceptors (Lipinski definition) is 1. The molecule has 0 unspecified atom stereocenters. The van der Waals surface area contributed by atoms with Gasteiger partial charge in [0.1, 0.15) is 0 Å². The van der Waals surface area contributed by atoms with Crippen LogP contribution in [0.4, 0.5) is 0 Å². The van der Waals surface area contributed by atoms with Gasteiger partial charge in [-0.25, -0.2) is 0 Å². The molecule has 0 amide bonds. The van der Waals surface area contributed by atoms with Crippen LogP contribution in [0.2, 0.25) is 0 Å². The maximum absolute atomic E-state index is 2.45. The van der Waals surface area contributed by atoms with Gasteiger partial charge in [-0.2, -0.15) is 0 Å². The molecule has 1 nitrogen and oxygen atoms in total. The zero-order valence-electron chi connectivity index (χ0n) is 6.35. The van der Waals surface area contributed by atoms with Crippen LogP contribution >= 0.6 is 0 Å². The maximum Gasteiger partial charge on any atom is 0.0165 e.